The number of benzene rings is 3. The average Bonchev–Trinajstić information content (AvgIpc) is 2.87. The molecule has 0 bridgehead atoms. The maximum atomic E-state index is 13.3. The van der Waals surface area contributed by atoms with Crippen molar-refractivity contribution in [1.82, 2.24) is 15.1 Å². The monoisotopic (exact) mass is 456 g/mol. The van der Waals surface area contributed by atoms with Crippen LogP contribution in [0, 0.1) is 0 Å². The standard InChI is InChI=1S/C28H32N4O2/c1-31(27(22-11-5-2-6-12-22)23-13-7-3-8-14-23)26(33)21-32-19-17-25(18-20-32)30-28(34)29-24-15-9-4-10-16-24/h2-16,25,27H,17-21H2,1H3,(H2,29,30,34). The Morgan fingerprint density at radius 1 is 0.853 bits per heavy atom. The first-order chi connectivity index (χ1) is 16.6. The van der Waals surface area contributed by atoms with Crippen LogP contribution in [0.15, 0.2) is 91.0 Å². The van der Waals surface area contributed by atoms with Crippen LogP contribution in [0.5, 0.6) is 0 Å². The lowest BCUT2D eigenvalue weighted by molar-refractivity contribution is -0.133. The molecule has 176 valence electrons. The maximum absolute atomic E-state index is 13.3. The lowest BCUT2D eigenvalue weighted by Gasteiger charge is -2.35. The van der Waals surface area contributed by atoms with E-state index in [1.807, 2.05) is 78.7 Å². The van der Waals surface area contributed by atoms with Crippen LogP contribution in [0.4, 0.5) is 10.5 Å². The Labute approximate surface area is 201 Å². The van der Waals surface area contributed by atoms with Crippen molar-refractivity contribution in [2.45, 2.75) is 24.9 Å². The molecule has 4 rings (SSSR count). The number of hydrogen-bond acceptors (Lipinski definition) is 3. The van der Waals surface area contributed by atoms with Crippen molar-refractivity contribution in [2.24, 2.45) is 0 Å². The minimum absolute atomic E-state index is 0.0888. The molecule has 3 aromatic rings. The van der Waals surface area contributed by atoms with E-state index in [-0.39, 0.29) is 24.0 Å². The smallest absolute Gasteiger partial charge is 0.319 e. The molecule has 0 radical (unpaired) electrons. The summed E-state index contributed by atoms with van der Waals surface area (Å²) in [6.07, 6.45) is 1.64. The molecule has 6 nitrogen and oxygen atoms in total. The number of nitrogens with zero attached hydrogens (tertiary/aromatic N) is 2. The number of likely N-dealkylation sites (tertiary alicyclic amines) is 1. The van der Waals surface area contributed by atoms with E-state index in [2.05, 4.69) is 39.8 Å². The van der Waals surface area contributed by atoms with Gasteiger partial charge in [-0.2, -0.15) is 0 Å². The predicted molar refractivity (Wildman–Crippen MR) is 136 cm³/mol. The number of nitrogens with one attached hydrogen (secondary N) is 2. The van der Waals surface area contributed by atoms with Gasteiger partial charge in [0.15, 0.2) is 0 Å². The molecule has 0 aromatic heterocycles. The fraction of sp³-hybridized carbons (Fsp3) is 0.286. The molecule has 0 saturated carbocycles. The van der Waals surface area contributed by atoms with E-state index in [9.17, 15) is 9.59 Å². The lowest BCUT2D eigenvalue weighted by atomic mass is 9.97. The number of para-hydroxylation sites is 1. The van der Waals surface area contributed by atoms with Gasteiger partial charge in [-0.05, 0) is 36.1 Å². The summed E-state index contributed by atoms with van der Waals surface area (Å²) in [7, 11) is 1.88. The number of urea groups is 1. The van der Waals surface area contributed by atoms with E-state index < -0.39 is 0 Å². The first-order valence-electron chi connectivity index (χ1n) is 11.8. The number of carbonyl (C=O) groups is 2. The van der Waals surface area contributed by atoms with Crippen LogP contribution in [-0.4, -0.2) is 54.5 Å². The minimum Gasteiger partial charge on any atom is -0.335 e. The van der Waals surface area contributed by atoms with Crippen molar-refractivity contribution < 1.29 is 9.59 Å². The van der Waals surface area contributed by atoms with E-state index in [0.717, 1.165) is 42.7 Å². The van der Waals surface area contributed by atoms with Gasteiger partial charge in [0.05, 0.1) is 12.6 Å². The molecular weight excluding hydrogens is 424 g/mol. The van der Waals surface area contributed by atoms with Crippen molar-refractivity contribution in [3.8, 4) is 0 Å². The third-order valence-electron chi connectivity index (χ3n) is 6.32. The minimum atomic E-state index is -0.186. The van der Waals surface area contributed by atoms with Gasteiger partial charge in [-0.3, -0.25) is 9.69 Å². The molecule has 1 aliphatic rings. The Morgan fingerprint density at radius 3 is 1.88 bits per heavy atom. The van der Waals surface area contributed by atoms with Crippen molar-refractivity contribution >= 4 is 17.6 Å². The summed E-state index contributed by atoms with van der Waals surface area (Å²) in [5, 5.41) is 5.92. The van der Waals surface area contributed by atoms with Gasteiger partial charge >= 0.3 is 6.03 Å². The summed E-state index contributed by atoms with van der Waals surface area (Å²) < 4.78 is 0. The van der Waals surface area contributed by atoms with Crippen LogP contribution in [0.25, 0.3) is 0 Å². The third-order valence-corrected chi connectivity index (χ3v) is 6.32. The summed E-state index contributed by atoms with van der Waals surface area (Å²) in [6, 6.07) is 29.5. The highest BCUT2D eigenvalue weighted by molar-refractivity contribution is 5.89. The fourth-order valence-electron chi connectivity index (χ4n) is 4.47. The number of hydrogen-bond donors (Lipinski definition) is 2. The molecule has 0 unspecified atom stereocenters. The Hall–Kier alpha value is -3.64. The van der Waals surface area contributed by atoms with Gasteiger partial charge in [-0.1, -0.05) is 78.9 Å². The predicted octanol–water partition coefficient (Wildman–Crippen LogP) is 4.52. The number of piperidine rings is 1. The molecule has 1 saturated heterocycles. The van der Waals surface area contributed by atoms with E-state index in [1.165, 1.54) is 0 Å². The lowest BCUT2D eigenvalue weighted by Crippen LogP contribution is -2.48. The molecule has 0 atom stereocenters. The van der Waals surface area contributed by atoms with Crippen molar-refractivity contribution in [3.05, 3.63) is 102 Å². The number of anilines is 1. The first-order valence-corrected chi connectivity index (χ1v) is 11.8. The summed E-state index contributed by atoms with van der Waals surface area (Å²) in [5.41, 5.74) is 2.96. The first kappa shape index (κ1) is 23.5. The van der Waals surface area contributed by atoms with E-state index in [4.69, 9.17) is 0 Å². The molecule has 3 aromatic carbocycles. The van der Waals surface area contributed by atoms with Gasteiger partial charge < -0.3 is 15.5 Å². The molecule has 0 spiro atoms. The second kappa shape index (κ2) is 11.5. The van der Waals surface area contributed by atoms with Crippen LogP contribution in [-0.2, 0) is 4.79 Å². The highest BCUT2D eigenvalue weighted by atomic mass is 16.2. The van der Waals surface area contributed by atoms with Crippen molar-refractivity contribution in [2.75, 3.05) is 32.0 Å². The van der Waals surface area contributed by atoms with E-state index in [1.54, 1.807) is 0 Å². The second-order valence-electron chi connectivity index (χ2n) is 8.74. The van der Waals surface area contributed by atoms with Crippen LogP contribution in [0.1, 0.15) is 30.0 Å². The average molecular weight is 457 g/mol. The number of carbonyl (C=O) groups excluding carboxylic acids is 2. The van der Waals surface area contributed by atoms with Gasteiger partial charge in [0.25, 0.3) is 0 Å². The largest absolute Gasteiger partial charge is 0.335 e. The van der Waals surface area contributed by atoms with Crippen LogP contribution >= 0.6 is 0 Å². The summed E-state index contributed by atoms with van der Waals surface area (Å²) >= 11 is 0. The van der Waals surface area contributed by atoms with Gasteiger partial charge in [0.2, 0.25) is 5.91 Å². The molecule has 2 N–H and O–H groups in total. The van der Waals surface area contributed by atoms with Gasteiger partial charge in [0.1, 0.15) is 0 Å². The molecule has 6 heteroatoms. The van der Waals surface area contributed by atoms with Gasteiger partial charge in [0, 0.05) is 31.9 Å². The summed E-state index contributed by atoms with van der Waals surface area (Å²) in [6.45, 7) is 1.92. The number of amides is 3. The zero-order valence-corrected chi connectivity index (χ0v) is 19.6. The fourth-order valence-corrected chi connectivity index (χ4v) is 4.47. The Balaban J connectivity index is 1.31. The van der Waals surface area contributed by atoms with Crippen LogP contribution < -0.4 is 10.6 Å². The molecular formula is C28H32N4O2. The molecule has 1 aliphatic heterocycles. The van der Waals surface area contributed by atoms with Crippen molar-refractivity contribution in [3.63, 3.8) is 0 Å². The Bertz CT molecular complexity index is 1010. The molecule has 1 fully saturated rings. The molecule has 1 heterocycles. The van der Waals surface area contributed by atoms with Gasteiger partial charge in [-0.15, -0.1) is 0 Å². The third kappa shape index (κ3) is 6.23. The van der Waals surface area contributed by atoms with E-state index >= 15 is 0 Å². The van der Waals surface area contributed by atoms with Crippen LogP contribution in [0.2, 0.25) is 0 Å². The second-order valence-corrected chi connectivity index (χ2v) is 8.74. The van der Waals surface area contributed by atoms with Gasteiger partial charge in [-0.25, -0.2) is 4.79 Å². The number of likely N-dealkylation sites (N-methyl/N-ethyl adjacent to an activating group) is 1. The quantitative estimate of drug-likeness (QED) is 0.549. The molecule has 0 aliphatic carbocycles. The van der Waals surface area contributed by atoms with Crippen molar-refractivity contribution in [1.29, 1.82) is 0 Å². The zero-order chi connectivity index (χ0) is 23.8. The summed E-state index contributed by atoms with van der Waals surface area (Å²) in [4.78, 5) is 29.6. The topological polar surface area (TPSA) is 64.7 Å². The molecule has 3 amide bonds. The summed E-state index contributed by atoms with van der Waals surface area (Å²) in [5.74, 6) is 0.0888. The Morgan fingerprint density at radius 2 is 1.35 bits per heavy atom. The highest BCUT2D eigenvalue weighted by Gasteiger charge is 2.27. The zero-order valence-electron chi connectivity index (χ0n) is 19.6. The SMILES string of the molecule is CN(C(=O)CN1CCC(NC(=O)Nc2ccccc2)CC1)C(c1ccccc1)c1ccccc1. The normalized spacial score (nSPS) is 14.5. The number of rotatable bonds is 7. The Kier molecular flexibility index (Phi) is 7.94. The molecule has 34 heavy (non-hydrogen) atoms. The van der Waals surface area contributed by atoms with E-state index in [0.29, 0.717) is 6.54 Å². The van der Waals surface area contributed by atoms with Crippen LogP contribution in [0.3, 0.4) is 0 Å². The highest BCUT2D eigenvalue weighted by Crippen LogP contribution is 2.27. The maximum Gasteiger partial charge on any atom is 0.319 e.